The van der Waals surface area contributed by atoms with Gasteiger partial charge in [0.2, 0.25) is 0 Å². The quantitative estimate of drug-likeness (QED) is 0.804. The van der Waals surface area contributed by atoms with Crippen molar-refractivity contribution in [2.45, 2.75) is 59.4 Å². The van der Waals surface area contributed by atoms with Crippen LogP contribution in [0.4, 0.5) is 0 Å². The Labute approximate surface area is 123 Å². The lowest BCUT2D eigenvalue weighted by atomic mass is 9.92. The second kappa shape index (κ2) is 7.12. The van der Waals surface area contributed by atoms with Crippen molar-refractivity contribution in [3.63, 3.8) is 0 Å². The van der Waals surface area contributed by atoms with Crippen molar-refractivity contribution in [1.82, 2.24) is 5.32 Å². The molecule has 0 saturated heterocycles. The lowest BCUT2D eigenvalue weighted by molar-refractivity contribution is 0.335. The summed E-state index contributed by atoms with van der Waals surface area (Å²) in [4.78, 5) is 0. The summed E-state index contributed by atoms with van der Waals surface area (Å²) in [5.41, 5.74) is 4.37. The molecule has 1 aliphatic carbocycles. The fourth-order valence-corrected chi connectivity index (χ4v) is 3.33. The van der Waals surface area contributed by atoms with Crippen LogP contribution in [0.1, 0.15) is 62.8 Å². The third-order valence-corrected chi connectivity index (χ3v) is 4.35. The molecule has 0 bridgehead atoms. The van der Waals surface area contributed by atoms with Gasteiger partial charge in [-0.2, -0.15) is 0 Å². The standard InChI is InChI=1S/C18H29NO/c1-5-11-19-16-12-13(3)7-9-15-17(20-6-2)10-8-14(4)18(15)16/h8,10,13,16,19H,5-7,9,11-12H2,1-4H3. The van der Waals surface area contributed by atoms with Gasteiger partial charge in [-0.3, -0.25) is 0 Å². The molecule has 0 aromatic heterocycles. The summed E-state index contributed by atoms with van der Waals surface area (Å²) in [6, 6.07) is 4.87. The monoisotopic (exact) mass is 275 g/mol. The molecular weight excluding hydrogens is 246 g/mol. The predicted molar refractivity (Wildman–Crippen MR) is 85.5 cm³/mol. The Hall–Kier alpha value is -1.02. The van der Waals surface area contributed by atoms with E-state index in [4.69, 9.17) is 4.74 Å². The highest BCUT2D eigenvalue weighted by Crippen LogP contribution is 2.38. The van der Waals surface area contributed by atoms with Gasteiger partial charge < -0.3 is 10.1 Å². The van der Waals surface area contributed by atoms with Crippen molar-refractivity contribution in [3.05, 3.63) is 28.8 Å². The van der Waals surface area contributed by atoms with E-state index in [1.54, 1.807) is 0 Å². The van der Waals surface area contributed by atoms with Crippen LogP contribution in [0, 0.1) is 12.8 Å². The van der Waals surface area contributed by atoms with Crippen molar-refractivity contribution < 1.29 is 4.74 Å². The molecule has 0 aliphatic heterocycles. The largest absolute Gasteiger partial charge is 0.494 e. The fourth-order valence-electron chi connectivity index (χ4n) is 3.33. The maximum Gasteiger partial charge on any atom is 0.122 e. The molecule has 1 N–H and O–H groups in total. The van der Waals surface area contributed by atoms with Gasteiger partial charge in [-0.15, -0.1) is 0 Å². The van der Waals surface area contributed by atoms with E-state index >= 15 is 0 Å². The van der Waals surface area contributed by atoms with Gasteiger partial charge in [0.15, 0.2) is 0 Å². The van der Waals surface area contributed by atoms with E-state index < -0.39 is 0 Å². The summed E-state index contributed by atoms with van der Waals surface area (Å²) in [5, 5.41) is 3.75. The molecule has 1 aliphatic rings. The Bertz CT molecular complexity index is 441. The van der Waals surface area contributed by atoms with Crippen molar-refractivity contribution in [1.29, 1.82) is 0 Å². The van der Waals surface area contributed by atoms with E-state index in [0.717, 1.165) is 31.2 Å². The minimum absolute atomic E-state index is 0.489. The summed E-state index contributed by atoms with van der Waals surface area (Å²) >= 11 is 0. The highest BCUT2D eigenvalue weighted by Gasteiger charge is 2.25. The predicted octanol–water partition coefficient (Wildman–Crippen LogP) is 4.41. The molecule has 0 spiro atoms. The number of nitrogens with one attached hydrogen (secondary N) is 1. The van der Waals surface area contributed by atoms with Gasteiger partial charge in [-0.1, -0.05) is 19.9 Å². The highest BCUT2D eigenvalue weighted by atomic mass is 16.5. The van der Waals surface area contributed by atoms with E-state index in [-0.39, 0.29) is 0 Å². The first-order valence-corrected chi connectivity index (χ1v) is 8.15. The van der Waals surface area contributed by atoms with Crippen LogP contribution in [0.3, 0.4) is 0 Å². The van der Waals surface area contributed by atoms with Crippen LogP contribution >= 0.6 is 0 Å². The summed E-state index contributed by atoms with van der Waals surface area (Å²) in [6.07, 6.45) is 4.84. The molecule has 2 atom stereocenters. The molecule has 0 amide bonds. The van der Waals surface area contributed by atoms with Gasteiger partial charge in [0, 0.05) is 6.04 Å². The first-order valence-electron chi connectivity index (χ1n) is 8.15. The minimum Gasteiger partial charge on any atom is -0.494 e. The molecule has 2 rings (SSSR count). The smallest absolute Gasteiger partial charge is 0.122 e. The van der Waals surface area contributed by atoms with E-state index in [0.29, 0.717) is 6.04 Å². The average molecular weight is 275 g/mol. The zero-order chi connectivity index (χ0) is 14.5. The molecule has 0 fully saturated rings. The second-order valence-electron chi connectivity index (χ2n) is 6.09. The van der Waals surface area contributed by atoms with Crippen LogP contribution in [0.25, 0.3) is 0 Å². The number of rotatable bonds is 5. The van der Waals surface area contributed by atoms with Gasteiger partial charge in [-0.05, 0) is 74.8 Å². The second-order valence-corrected chi connectivity index (χ2v) is 6.09. The van der Waals surface area contributed by atoms with Crippen molar-refractivity contribution in [2.75, 3.05) is 13.2 Å². The molecule has 0 radical (unpaired) electrons. The molecule has 2 unspecified atom stereocenters. The van der Waals surface area contributed by atoms with E-state index in [1.807, 2.05) is 0 Å². The van der Waals surface area contributed by atoms with Crippen LogP contribution < -0.4 is 10.1 Å². The molecule has 1 aromatic rings. The lowest BCUT2D eigenvalue weighted by Gasteiger charge is -2.24. The molecule has 112 valence electrons. The Kier molecular flexibility index (Phi) is 5.47. The Morgan fingerprint density at radius 3 is 2.80 bits per heavy atom. The SMILES string of the molecule is CCCNC1CC(C)CCc2c(OCC)ccc(C)c21. The fraction of sp³-hybridized carbons (Fsp3) is 0.667. The average Bonchev–Trinajstić information content (AvgIpc) is 2.60. The van der Waals surface area contributed by atoms with Gasteiger partial charge >= 0.3 is 0 Å². The Morgan fingerprint density at radius 1 is 1.30 bits per heavy atom. The minimum atomic E-state index is 0.489. The Morgan fingerprint density at radius 2 is 2.10 bits per heavy atom. The van der Waals surface area contributed by atoms with E-state index in [1.165, 1.54) is 36.0 Å². The molecule has 0 saturated carbocycles. The van der Waals surface area contributed by atoms with Crippen LogP contribution in [0.15, 0.2) is 12.1 Å². The van der Waals surface area contributed by atoms with E-state index in [2.05, 4.69) is 45.1 Å². The molecule has 20 heavy (non-hydrogen) atoms. The van der Waals surface area contributed by atoms with Crippen LogP contribution in [0.2, 0.25) is 0 Å². The summed E-state index contributed by atoms with van der Waals surface area (Å²) in [6.45, 7) is 10.8. The first-order chi connectivity index (χ1) is 9.67. The van der Waals surface area contributed by atoms with Gasteiger partial charge in [0.25, 0.3) is 0 Å². The zero-order valence-corrected chi connectivity index (χ0v) is 13.5. The lowest BCUT2D eigenvalue weighted by Crippen LogP contribution is -2.24. The Balaban J connectivity index is 2.40. The number of fused-ring (bicyclic) bond motifs is 1. The van der Waals surface area contributed by atoms with Gasteiger partial charge in [0.05, 0.1) is 6.61 Å². The summed E-state index contributed by atoms with van der Waals surface area (Å²) < 4.78 is 5.88. The van der Waals surface area contributed by atoms with Gasteiger partial charge in [-0.25, -0.2) is 0 Å². The van der Waals surface area contributed by atoms with Crippen molar-refractivity contribution in [2.24, 2.45) is 5.92 Å². The molecular formula is C18H29NO. The third-order valence-electron chi connectivity index (χ3n) is 4.35. The first kappa shape index (κ1) is 15.4. The molecule has 2 heteroatoms. The van der Waals surface area contributed by atoms with Crippen molar-refractivity contribution >= 4 is 0 Å². The number of benzene rings is 1. The normalized spacial score (nSPS) is 22.2. The van der Waals surface area contributed by atoms with E-state index in [9.17, 15) is 0 Å². The molecule has 1 aromatic carbocycles. The maximum absolute atomic E-state index is 5.88. The summed E-state index contributed by atoms with van der Waals surface area (Å²) in [5.74, 6) is 1.87. The van der Waals surface area contributed by atoms with Crippen molar-refractivity contribution in [3.8, 4) is 5.75 Å². The number of hydrogen-bond donors (Lipinski definition) is 1. The molecule has 2 nitrogen and oxygen atoms in total. The number of hydrogen-bond acceptors (Lipinski definition) is 2. The number of ether oxygens (including phenoxy) is 1. The molecule has 0 heterocycles. The summed E-state index contributed by atoms with van der Waals surface area (Å²) in [7, 11) is 0. The maximum atomic E-state index is 5.88. The highest BCUT2D eigenvalue weighted by molar-refractivity contribution is 5.47. The topological polar surface area (TPSA) is 21.3 Å². The zero-order valence-electron chi connectivity index (χ0n) is 13.5. The van der Waals surface area contributed by atoms with Crippen LogP contribution in [-0.4, -0.2) is 13.2 Å². The van der Waals surface area contributed by atoms with Gasteiger partial charge in [0.1, 0.15) is 5.75 Å². The number of aryl methyl sites for hydroxylation is 1. The third kappa shape index (κ3) is 3.35. The van der Waals surface area contributed by atoms with Crippen LogP contribution in [-0.2, 0) is 6.42 Å². The van der Waals surface area contributed by atoms with Crippen LogP contribution in [0.5, 0.6) is 5.75 Å².